The number of fused-ring (bicyclic) bond motifs is 4. The zero-order chi connectivity index (χ0) is 55.3. The van der Waals surface area contributed by atoms with Crippen LogP contribution in [0.15, 0.2) is 206 Å². The number of hydrogen-bond acceptors (Lipinski definition) is 5. The molecule has 6 nitrogen and oxygen atoms in total. The van der Waals surface area contributed by atoms with Gasteiger partial charge in [0.2, 0.25) is 0 Å². The van der Waals surface area contributed by atoms with E-state index in [2.05, 4.69) is 82.5 Å². The third-order valence-electron chi connectivity index (χ3n) is 12.4. The summed E-state index contributed by atoms with van der Waals surface area (Å²) in [7, 11) is 0. The predicted molar refractivity (Wildman–Crippen MR) is 282 cm³/mol. The fourth-order valence-electron chi connectivity index (χ4n) is 9.28. The first-order valence-electron chi connectivity index (χ1n) is 27.6. The molecule has 0 bridgehead atoms. The fourth-order valence-corrected chi connectivity index (χ4v) is 9.28. The van der Waals surface area contributed by atoms with Crippen molar-refractivity contribution in [3.63, 3.8) is 0 Å². The molecule has 1 aliphatic heterocycles. The molecule has 1 aliphatic rings. The third-order valence-corrected chi connectivity index (χ3v) is 12.4. The fraction of sp³-hybridized carbons (Fsp3) is 0.145. The monoisotopic (exact) mass is 896 g/mol. The van der Waals surface area contributed by atoms with E-state index in [9.17, 15) is 0 Å². The normalized spacial score (nSPS) is 14.8. The lowest BCUT2D eigenvalue weighted by Crippen LogP contribution is -2.24. The molecule has 6 heteroatoms. The first-order chi connectivity index (χ1) is 37.1. The van der Waals surface area contributed by atoms with Crippen LogP contribution in [0.4, 0.5) is 22.7 Å². The maximum absolute atomic E-state index is 9.07. The lowest BCUT2D eigenvalue weighted by molar-refractivity contribution is 0.432. The minimum Gasteiger partial charge on any atom is -0.457 e. The van der Waals surface area contributed by atoms with Gasteiger partial charge in [-0.05, 0) is 70.5 Å². The molecule has 334 valence electrons. The smallest absolute Gasteiger partial charge is 0.141 e. The number of hydrogen-bond donors (Lipinski definition) is 0. The van der Waals surface area contributed by atoms with Crippen LogP contribution in [0.25, 0.3) is 49.9 Å². The molecule has 0 N–H and O–H groups in total. The third kappa shape index (κ3) is 7.82. The van der Waals surface area contributed by atoms with E-state index in [1.807, 2.05) is 94.7 Å². The molecule has 11 rings (SSSR count). The summed E-state index contributed by atoms with van der Waals surface area (Å²) < 4.78 is 103. The Morgan fingerprint density at radius 3 is 1.75 bits per heavy atom. The molecular formula is C62H54N4O2. The van der Waals surface area contributed by atoms with Crippen LogP contribution < -0.4 is 19.3 Å². The van der Waals surface area contributed by atoms with E-state index >= 15 is 0 Å². The van der Waals surface area contributed by atoms with Crippen molar-refractivity contribution in [1.82, 2.24) is 9.55 Å². The minimum absolute atomic E-state index is 0.0964. The van der Waals surface area contributed by atoms with Crippen molar-refractivity contribution >= 4 is 44.6 Å². The second-order valence-corrected chi connectivity index (χ2v) is 19.0. The minimum atomic E-state index is -0.555. The van der Waals surface area contributed by atoms with Crippen molar-refractivity contribution in [1.29, 1.82) is 0 Å². The Balaban J connectivity index is 0.990. The molecule has 2 aromatic heterocycles. The molecule has 0 saturated carbocycles. The van der Waals surface area contributed by atoms with Gasteiger partial charge in [0, 0.05) is 63.1 Å². The van der Waals surface area contributed by atoms with Gasteiger partial charge in [-0.15, -0.1) is 0 Å². The van der Waals surface area contributed by atoms with E-state index in [1.165, 1.54) is 0 Å². The topological polar surface area (TPSA) is 42.8 Å². The van der Waals surface area contributed by atoms with Gasteiger partial charge in [0.15, 0.2) is 0 Å². The van der Waals surface area contributed by atoms with Crippen LogP contribution in [0.2, 0.25) is 0 Å². The molecule has 0 unspecified atom stereocenters. The van der Waals surface area contributed by atoms with E-state index < -0.39 is 60.4 Å². The highest BCUT2D eigenvalue weighted by atomic mass is 16.5. The summed E-state index contributed by atoms with van der Waals surface area (Å²) in [6.07, 6.45) is 1.77. The molecule has 0 fully saturated rings. The van der Waals surface area contributed by atoms with Crippen LogP contribution in [0.1, 0.15) is 66.4 Å². The van der Waals surface area contributed by atoms with Crippen molar-refractivity contribution in [2.75, 3.05) is 16.5 Å². The Hall–Kier alpha value is -8.09. The molecular weight excluding hydrogens is 833 g/mol. The van der Waals surface area contributed by atoms with Crippen LogP contribution >= 0.6 is 0 Å². The Morgan fingerprint density at radius 1 is 0.500 bits per heavy atom. The molecule has 3 heterocycles. The summed E-state index contributed by atoms with van der Waals surface area (Å²) in [6.45, 7) is 13.3. The van der Waals surface area contributed by atoms with E-state index in [1.54, 1.807) is 24.4 Å². The summed E-state index contributed by atoms with van der Waals surface area (Å²) >= 11 is 0. The summed E-state index contributed by atoms with van der Waals surface area (Å²) in [6, 6.07) is 39.5. The average Bonchev–Trinajstić information content (AvgIpc) is 4.17. The number of rotatable bonds is 9. The molecule has 0 saturated heterocycles. The number of ether oxygens (including phenoxy) is 2. The summed E-state index contributed by atoms with van der Waals surface area (Å²) in [4.78, 5) is 8.85. The van der Waals surface area contributed by atoms with Crippen molar-refractivity contribution in [3.8, 4) is 51.1 Å². The lowest BCUT2D eigenvalue weighted by atomic mass is 9.79. The van der Waals surface area contributed by atoms with E-state index in [0.717, 1.165) is 50.1 Å². The van der Waals surface area contributed by atoms with E-state index in [0.29, 0.717) is 28.8 Å². The van der Waals surface area contributed by atoms with Gasteiger partial charge >= 0.3 is 0 Å². The maximum Gasteiger partial charge on any atom is 0.141 e. The summed E-state index contributed by atoms with van der Waals surface area (Å²) in [5.74, 6) is 3.27. The second kappa shape index (κ2) is 17.0. The highest BCUT2D eigenvalue weighted by Gasteiger charge is 2.32. The van der Waals surface area contributed by atoms with Crippen molar-refractivity contribution in [2.24, 2.45) is 0 Å². The SMILES string of the molecule is [2H]c1c([2H])c([2H])c(-c2cccc(-c3c([2H])c([2H])c([2H])c([2H])c3[2H])c2N2CN(c3cccc(Oc4ccc5c6ccccc6n(-c6cc(Oc7c(C(C)(C)C)cccc7C(C)(C)C)ccn6)c5c4)c3)c3ccccc32)c([2H])c1[2H]. The number of aromatic nitrogens is 2. The van der Waals surface area contributed by atoms with Gasteiger partial charge in [-0.1, -0.05) is 175 Å². The molecule has 0 aliphatic carbocycles. The molecule has 8 aromatic carbocycles. The van der Waals surface area contributed by atoms with E-state index in [-0.39, 0.29) is 45.4 Å². The van der Waals surface area contributed by atoms with Crippen molar-refractivity contribution < 1.29 is 23.2 Å². The first-order valence-corrected chi connectivity index (χ1v) is 22.6. The Morgan fingerprint density at radius 2 is 1.07 bits per heavy atom. The average molecular weight is 897 g/mol. The van der Waals surface area contributed by atoms with Gasteiger partial charge in [-0.25, -0.2) is 4.98 Å². The number of pyridine rings is 1. The Labute approximate surface area is 413 Å². The van der Waals surface area contributed by atoms with Crippen LogP contribution in [0.3, 0.4) is 0 Å². The van der Waals surface area contributed by atoms with Gasteiger partial charge in [0.05, 0.1) is 41.8 Å². The van der Waals surface area contributed by atoms with Gasteiger partial charge in [-0.3, -0.25) is 4.57 Å². The van der Waals surface area contributed by atoms with Gasteiger partial charge in [-0.2, -0.15) is 0 Å². The largest absolute Gasteiger partial charge is 0.457 e. The van der Waals surface area contributed by atoms with E-state index in [4.69, 9.17) is 28.2 Å². The molecule has 10 aromatic rings. The van der Waals surface area contributed by atoms with Crippen LogP contribution in [0, 0.1) is 0 Å². The molecule has 0 spiro atoms. The second-order valence-electron chi connectivity index (χ2n) is 19.0. The number of para-hydroxylation sites is 5. The Kier molecular flexibility index (Phi) is 8.12. The molecule has 0 amide bonds. The van der Waals surface area contributed by atoms with Crippen LogP contribution in [-0.4, -0.2) is 16.2 Å². The van der Waals surface area contributed by atoms with Crippen molar-refractivity contribution in [3.05, 3.63) is 217 Å². The summed E-state index contributed by atoms with van der Waals surface area (Å²) in [5.41, 5.74) is 6.37. The van der Waals surface area contributed by atoms with Crippen molar-refractivity contribution in [2.45, 2.75) is 52.4 Å². The maximum atomic E-state index is 9.07. The highest BCUT2D eigenvalue weighted by molar-refractivity contribution is 6.09. The molecule has 68 heavy (non-hydrogen) atoms. The highest BCUT2D eigenvalue weighted by Crippen LogP contribution is 2.50. The quantitative estimate of drug-likeness (QED) is 0.144. The zero-order valence-corrected chi connectivity index (χ0v) is 38.7. The van der Waals surface area contributed by atoms with Gasteiger partial charge in [0.25, 0.3) is 0 Å². The molecule has 0 radical (unpaired) electrons. The lowest BCUT2D eigenvalue weighted by Gasteiger charge is -2.29. The summed E-state index contributed by atoms with van der Waals surface area (Å²) in [5, 5.41) is 2.05. The number of nitrogens with zero attached hydrogens (tertiary/aromatic N) is 4. The van der Waals surface area contributed by atoms with Gasteiger partial charge in [0.1, 0.15) is 35.5 Å². The zero-order valence-electron chi connectivity index (χ0n) is 48.7. The number of anilines is 4. The van der Waals surface area contributed by atoms with Crippen LogP contribution in [0.5, 0.6) is 23.0 Å². The first kappa shape index (κ1) is 32.6. The molecule has 0 atom stereocenters. The standard InChI is InChI=1S/C62H54N4O2/c1-61(2,3)52-29-19-30-53(62(4,5)6)60(52)68-47-36-37-63-58(40-47)66-54-31-14-13-26-50(54)51-35-34-46(39-57(51)66)67-45-25-17-24-44(38-45)64-41-65(56-33-16-15-32-55(56)64)59-48(42-20-9-7-10-21-42)27-18-28-49(59)43-22-11-8-12-23-43/h7-40H,41H2,1-6H3/i7D,8D,9D,10D,11D,12D,20D,21D,22D,23D. The van der Waals surface area contributed by atoms with Crippen LogP contribution in [-0.2, 0) is 10.8 Å². The Bertz CT molecular complexity index is 3910. The van der Waals surface area contributed by atoms with Gasteiger partial charge < -0.3 is 19.3 Å². The number of benzene rings is 8. The predicted octanol–water partition coefficient (Wildman–Crippen LogP) is 16.9.